The lowest BCUT2D eigenvalue weighted by molar-refractivity contribution is -0.130. The Bertz CT molecular complexity index is 306. The summed E-state index contributed by atoms with van der Waals surface area (Å²) in [5.41, 5.74) is -0.291. The van der Waals surface area contributed by atoms with E-state index in [0.29, 0.717) is 6.54 Å². The van der Waals surface area contributed by atoms with Crippen LogP contribution in [0.25, 0.3) is 0 Å². The van der Waals surface area contributed by atoms with Gasteiger partial charge < -0.3 is 21.3 Å². The van der Waals surface area contributed by atoms with E-state index in [1.807, 2.05) is 20.8 Å². The van der Waals surface area contributed by atoms with Gasteiger partial charge in [0.05, 0.1) is 6.04 Å². The molecule has 2 unspecified atom stereocenters. The first-order valence-electron chi connectivity index (χ1n) is 6.36. The minimum atomic E-state index is -0.527. The second-order valence-corrected chi connectivity index (χ2v) is 5.68. The van der Waals surface area contributed by atoms with Crippen molar-refractivity contribution in [2.45, 2.75) is 45.3 Å². The Morgan fingerprint density at radius 2 is 1.94 bits per heavy atom. The van der Waals surface area contributed by atoms with Crippen molar-refractivity contribution in [2.75, 3.05) is 19.6 Å². The Kier molecular flexibility index (Phi) is 5.10. The van der Waals surface area contributed by atoms with Crippen LogP contribution in [-0.4, -0.2) is 49.1 Å². The number of hydrogen-bond acceptors (Lipinski definition) is 4. The standard InChI is InChI=1S/C12H24N4O2/c1-8(10(17)16-12(2,3)4)15-11(18)9-7-13-5-6-14-9/h8-9,13-14H,5-7H2,1-4H3,(H,15,18)(H,16,17). The zero-order valence-corrected chi connectivity index (χ0v) is 11.6. The molecule has 1 aliphatic heterocycles. The molecule has 0 spiro atoms. The van der Waals surface area contributed by atoms with Crippen LogP contribution in [0.15, 0.2) is 0 Å². The largest absolute Gasteiger partial charge is 0.350 e. The molecular weight excluding hydrogens is 232 g/mol. The summed E-state index contributed by atoms with van der Waals surface area (Å²) in [7, 11) is 0. The molecular formula is C12H24N4O2. The van der Waals surface area contributed by atoms with Gasteiger partial charge in [-0.2, -0.15) is 0 Å². The predicted octanol–water partition coefficient (Wildman–Crippen LogP) is -1.03. The van der Waals surface area contributed by atoms with Crippen molar-refractivity contribution in [1.82, 2.24) is 21.3 Å². The highest BCUT2D eigenvalue weighted by atomic mass is 16.2. The first-order chi connectivity index (χ1) is 8.29. The molecule has 0 aliphatic carbocycles. The Morgan fingerprint density at radius 3 is 2.44 bits per heavy atom. The lowest BCUT2D eigenvalue weighted by atomic mass is 10.1. The van der Waals surface area contributed by atoms with Gasteiger partial charge in [-0.05, 0) is 27.7 Å². The molecule has 2 atom stereocenters. The lowest BCUT2D eigenvalue weighted by Crippen LogP contribution is -2.59. The van der Waals surface area contributed by atoms with E-state index in [9.17, 15) is 9.59 Å². The van der Waals surface area contributed by atoms with Crippen LogP contribution in [0.1, 0.15) is 27.7 Å². The summed E-state index contributed by atoms with van der Waals surface area (Å²) in [6, 6.07) is -0.788. The molecule has 0 bridgehead atoms. The zero-order valence-electron chi connectivity index (χ0n) is 11.6. The molecule has 0 saturated carbocycles. The third kappa shape index (κ3) is 5.01. The van der Waals surface area contributed by atoms with Crippen LogP contribution in [0.2, 0.25) is 0 Å². The van der Waals surface area contributed by atoms with Crippen LogP contribution in [-0.2, 0) is 9.59 Å². The lowest BCUT2D eigenvalue weighted by Gasteiger charge is -2.27. The molecule has 1 fully saturated rings. The third-order valence-corrected chi connectivity index (χ3v) is 2.61. The second-order valence-electron chi connectivity index (χ2n) is 5.68. The molecule has 4 N–H and O–H groups in total. The van der Waals surface area contributed by atoms with Crippen molar-refractivity contribution < 1.29 is 9.59 Å². The molecule has 2 amide bonds. The average molecular weight is 256 g/mol. The van der Waals surface area contributed by atoms with Crippen molar-refractivity contribution in [1.29, 1.82) is 0 Å². The maximum atomic E-state index is 11.9. The minimum absolute atomic E-state index is 0.140. The van der Waals surface area contributed by atoms with E-state index >= 15 is 0 Å². The highest BCUT2D eigenvalue weighted by molar-refractivity contribution is 5.89. The van der Waals surface area contributed by atoms with E-state index in [1.54, 1.807) is 6.92 Å². The summed E-state index contributed by atoms with van der Waals surface area (Å²) in [4.78, 5) is 23.7. The smallest absolute Gasteiger partial charge is 0.242 e. The Balaban J connectivity index is 2.41. The van der Waals surface area contributed by atoms with Crippen molar-refractivity contribution in [3.8, 4) is 0 Å². The number of hydrogen-bond donors (Lipinski definition) is 4. The molecule has 18 heavy (non-hydrogen) atoms. The average Bonchev–Trinajstić information content (AvgIpc) is 2.27. The van der Waals surface area contributed by atoms with Crippen LogP contribution in [0.3, 0.4) is 0 Å². The van der Waals surface area contributed by atoms with Gasteiger partial charge in [0.25, 0.3) is 0 Å². The first-order valence-corrected chi connectivity index (χ1v) is 6.36. The third-order valence-electron chi connectivity index (χ3n) is 2.61. The number of carbonyl (C=O) groups is 2. The van der Waals surface area contributed by atoms with Crippen molar-refractivity contribution >= 4 is 11.8 Å². The van der Waals surface area contributed by atoms with Gasteiger partial charge in [-0.3, -0.25) is 9.59 Å². The fraction of sp³-hybridized carbons (Fsp3) is 0.833. The van der Waals surface area contributed by atoms with Gasteiger partial charge in [0, 0.05) is 25.2 Å². The topological polar surface area (TPSA) is 82.3 Å². The van der Waals surface area contributed by atoms with Gasteiger partial charge in [0.15, 0.2) is 0 Å². The van der Waals surface area contributed by atoms with E-state index in [-0.39, 0.29) is 23.4 Å². The summed E-state index contributed by atoms with van der Waals surface area (Å²) in [6.07, 6.45) is 0. The SMILES string of the molecule is CC(NC(=O)C1CNCCN1)C(=O)NC(C)(C)C. The van der Waals surface area contributed by atoms with Crippen LogP contribution in [0.5, 0.6) is 0 Å². The molecule has 6 heteroatoms. The Morgan fingerprint density at radius 1 is 1.28 bits per heavy atom. The number of nitrogens with one attached hydrogen (secondary N) is 4. The van der Waals surface area contributed by atoms with Crippen LogP contribution in [0.4, 0.5) is 0 Å². The maximum absolute atomic E-state index is 11.9. The molecule has 0 aromatic carbocycles. The minimum Gasteiger partial charge on any atom is -0.350 e. The van der Waals surface area contributed by atoms with Crippen molar-refractivity contribution in [3.63, 3.8) is 0 Å². The van der Waals surface area contributed by atoms with E-state index < -0.39 is 6.04 Å². The molecule has 1 saturated heterocycles. The number of rotatable bonds is 3. The van der Waals surface area contributed by atoms with E-state index in [4.69, 9.17) is 0 Å². The van der Waals surface area contributed by atoms with Gasteiger partial charge in [-0.15, -0.1) is 0 Å². The van der Waals surface area contributed by atoms with Gasteiger partial charge in [0.2, 0.25) is 11.8 Å². The monoisotopic (exact) mass is 256 g/mol. The van der Waals surface area contributed by atoms with Crippen LogP contribution in [0, 0.1) is 0 Å². The van der Waals surface area contributed by atoms with E-state index in [0.717, 1.165) is 13.1 Å². The summed E-state index contributed by atoms with van der Waals surface area (Å²) >= 11 is 0. The van der Waals surface area contributed by atoms with Crippen molar-refractivity contribution in [3.05, 3.63) is 0 Å². The number of piperazine rings is 1. The van der Waals surface area contributed by atoms with Gasteiger partial charge in [0.1, 0.15) is 6.04 Å². The Labute approximate surface area is 108 Å². The molecule has 1 heterocycles. The molecule has 104 valence electrons. The van der Waals surface area contributed by atoms with Crippen LogP contribution >= 0.6 is 0 Å². The summed E-state index contributed by atoms with van der Waals surface area (Å²) in [5, 5.41) is 11.8. The Hall–Kier alpha value is -1.14. The quantitative estimate of drug-likeness (QED) is 0.520. The molecule has 0 aromatic rings. The zero-order chi connectivity index (χ0) is 13.8. The van der Waals surface area contributed by atoms with Gasteiger partial charge >= 0.3 is 0 Å². The number of carbonyl (C=O) groups excluding carboxylic acids is 2. The summed E-state index contributed by atoms with van der Waals surface area (Å²) in [6.45, 7) is 9.64. The number of amides is 2. The fourth-order valence-corrected chi connectivity index (χ4v) is 1.70. The predicted molar refractivity (Wildman–Crippen MR) is 70.2 cm³/mol. The molecule has 1 rings (SSSR count). The van der Waals surface area contributed by atoms with Crippen molar-refractivity contribution in [2.24, 2.45) is 0 Å². The van der Waals surface area contributed by atoms with Crippen LogP contribution < -0.4 is 21.3 Å². The second kappa shape index (κ2) is 6.15. The highest BCUT2D eigenvalue weighted by Crippen LogP contribution is 1.99. The molecule has 0 radical (unpaired) electrons. The molecule has 0 aromatic heterocycles. The molecule has 6 nitrogen and oxygen atoms in total. The summed E-state index contributed by atoms with van der Waals surface area (Å²) < 4.78 is 0. The van der Waals surface area contributed by atoms with E-state index in [1.165, 1.54) is 0 Å². The van der Waals surface area contributed by atoms with Gasteiger partial charge in [-0.1, -0.05) is 0 Å². The maximum Gasteiger partial charge on any atom is 0.242 e. The fourth-order valence-electron chi connectivity index (χ4n) is 1.70. The highest BCUT2D eigenvalue weighted by Gasteiger charge is 2.25. The normalized spacial score (nSPS) is 22.1. The first kappa shape index (κ1) is 14.9. The summed E-state index contributed by atoms with van der Waals surface area (Å²) in [5.74, 6) is -0.307. The van der Waals surface area contributed by atoms with Gasteiger partial charge in [-0.25, -0.2) is 0 Å². The van der Waals surface area contributed by atoms with E-state index in [2.05, 4.69) is 21.3 Å². The molecule has 1 aliphatic rings.